The van der Waals surface area contributed by atoms with Crippen LogP contribution in [0.3, 0.4) is 0 Å². The highest BCUT2D eigenvalue weighted by Gasteiger charge is 2.32. The Morgan fingerprint density at radius 3 is 2.71 bits per heavy atom. The number of hydrogen-bond donors (Lipinski definition) is 1. The van der Waals surface area contributed by atoms with E-state index in [2.05, 4.69) is 53.4 Å². The first-order chi connectivity index (χ1) is 10.1. The predicted octanol–water partition coefficient (Wildman–Crippen LogP) is 1.75. The van der Waals surface area contributed by atoms with Crippen LogP contribution in [0.5, 0.6) is 0 Å². The molecule has 1 aliphatic heterocycles. The first kappa shape index (κ1) is 16.0. The molecule has 116 valence electrons. The fraction of sp³-hybridized carbons (Fsp3) is 0.588. The molecule has 1 amide bonds. The molecule has 1 fully saturated rings. The normalized spacial score (nSPS) is 21.3. The zero-order chi connectivity index (χ0) is 15.2. The van der Waals surface area contributed by atoms with Crippen molar-refractivity contribution in [2.75, 3.05) is 39.8 Å². The highest BCUT2D eigenvalue weighted by Crippen LogP contribution is 2.26. The molecule has 0 spiro atoms. The molecule has 1 aliphatic rings. The Labute approximate surface area is 128 Å². The van der Waals surface area contributed by atoms with E-state index in [0.29, 0.717) is 0 Å². The van der Waals surface area contributed by atoms with Crippen LogP contribution in [0.15, 0.2) is 30.3 Å². The summed E-state index contributed by atoms with van der Waals surface area (Å²) in [5.74, 6) is 0.289. The van der Waals surface area contributed by atoms with Gasteiger partial charge in [0.25, 0.3) is 0 Å². The second-order valence-corrected chi connectivity index (χ2v) is 5.93. The fourth-order valence-electron chi connectivity index (χ4n) is 2.87. The molecule has 0 aliphatic carbocycles. The van der Waals surface area contributed by atoms with Crippen molar-refractivity contribution in [3.8, 4) is 0 Å². The molecule has 4 heteroatoms. The van der Waals surface area contributed by atoms with Crippen molar-refractivity contribution < 1.29 is 4.79 Å². The van der Waals surface area contributed by atoms with Gasteiger partial charge < -0.3 is 15.1 Å². The standard InChI is InChI=1S/C17H27N3O/c1-4-18-12-14(2)17(21)20-11-10-19(3)13-16(20)15-8-6-5-7-9-15/h5-9,14,16,18H,4,10-13H2,1-3H3. The topological polar surface area (TPSA) is 35.6 Å². The zero-order valence-electron chi connectivity index (χ0n) is 13.4. The van der Waals surface area contributed by atoms with E-state index in [1.165, 1.54) is 5.56 Å². The van der Waals surface area contributed by atoms with E-state index >= 15 is 0 Å². The van der Waals surface area contributed by atoms with Crippen molar-refractivity contribution in [1.82, 2.24) is 15.1 Å². The number of piperazine rings is 1. The van der Waals surface area contributed by atoms with E-state index in [-0.39, 0.29) is 17.9 Å². The molecule has 0 bridgehead atoms. The van der Waals surface area contributed by atoms with Gasteiger partial charge in [0.15, 0.2) is 0 Å². The number of nitrogens with one attached hydrogen (secondary N) is 1. The van der Waals surface area contributed by atoms with Crippen LogP contribution in [0.1, 0.15) is 25.5 Å². The van der Waals surface area contributed by atoms with Crippen molar-refractivity contribution in [3.05, 3.63) is 35.9 Å². The van der Waals surface area contributed by atoms with Crippen LogP contribution in [0, 0.1) is 5.92 Å². The third-order valence-corrected chi connectivity index (χ3v) is 4.17. The van der Waals surface area contributed by atoms with Gasteiger partial charge in [-0.1, -0.05) is 44.2 Å². The summed E-state index contributed by atoms with van der Waals surface area (Å²) in [4.78, 5) is 17.1. The molecule has 2 atom stereocenters. The Kier molecular flexibility index (Phi) is 5.76. The van der Waals surface area contributed by atoms with Gasteiger partial charge in [-0.15, -0.1) is 0 Å². The van der Waals surface area contributed by atoms with Gasteiger partial charge in [0.1, 0.15) is 0 Å². The van der Waals surface area contributed by atoms with Gasteiger partial charge >= 0.3 is 0 Å². The molecule has 0 aromatic heterocycles. The maximum atomic E-state index is 12.8. The summed E-state index contributed by atoms with van der Waals surface area (Å²) >= 11 is 0. The maximum absolute atomic E-state index is 12.8. The highest BCUT2D eigenvalue weighted by atomic mass is 16.2. The lowest BCUT2D eigenvalue weighted by Crippen LogP contribution is -2.51. The smallest absolute Gasteiger partial charge is 0.227 e. The summed E-state index contributed by atoms with van der Waals surface area (Å²) in [6.07, 6.45) is 0. The zero-order valence-corrected chi connectivity index (χ0v) is 13.4. The molecule has 1 aromatic carbocycles. The van der Waals surface area contributed by atoms with E-state index in [1.54, 1.807) is 0 Å². The summed E-state index contributed by atoms with van der Waals surface area (Å²) in [5.41, 5.74) is 1.23. The van der Waals surface area contributed by atoms with Gasteiger partial charge in [0, 0.05) is 32.1 Å². The Morgan fingerprint density at radius 1 is 1.33 bits per heavy atom. The van der Waals surface area contributed by atoms with Gasteiger partial charge in [0.05, 0.1) is 6.04 Å². The van der Waals surface area contributed by atoms with Crippen LogP contribution in [0.4, 0.5) is 0 Å². The summed E-state index contributed by atoms with van der Waals surface area (Å²) in [5, 5.41) is 3.27. The van der Waals surface area contributed by atoms with Crippen LogP contribution in [-0.2, 0) is 4.79 Å². The molecule has 0 radical (unpaired) electrons. The lowest BCUT2D eigenvalue weighted by molar-refractivity contribution is -0.139. The Morgan fingerprint density at radius 2 is 2.05 bits per heavy atom. The van der Waals surface area contributed by atoms with Crippen LogP contribution in [0.25, 0.3) is 0 Å². The lowest BCUT2D eigenvalue weighted by Gasteiger charge is -2.41. The second kappa shape index (κ2) is 7.57. The fourth-order valence-corrected chi connectivity index (χ4v) is 2.87. The molecule has 21 heavy (non-hydrogen) atoms. The molecule has 1 heterocycles. The number of carbonyl (C=O) groups is 1. The van der Waals surface area contributed by atoms with E-state index < -0.39 is 0 Å². The number of nitrogens with zero attached hydrogens (tertiary/aromatic N) is 2. The molecule has 1 saturated heterocycles. The number of rotatable bonds is 5. The molecule has 2 unspecified atom stereocenters. The minimum atomic E-state index is 0.0274. The molecule has 0 saturated carbocycles. The van der Waals surface area contributed by atoms with Crippen LogP contribution in [0.2, 0.25) is 0 Å². The summed E-state index contributed by atoms with van der Waals surface area (Å²) in [7, 11) is 2.12. The highest BCUT2D eigenvalue weighted by molar-refractivity contribution is 5.79. The van der Waals surface area contributed by atoms with Gasteiger partial charge in [-0.3, -0.25) is 4.79 Å². The first-order valence-electron chi connectivity index (χ1n) is 7.88. The summed E-state index contributed by atoms with van der Waals surface area (Å²) < 4.78 is 0. The molecule has 4 nitrogen and oxygen atoms in total. The third kappa shape index (κ3) is 4.05. The molecular formula is C17H27N3O. The largest absolute Gasteiger partial charge is 0.333 e. The third-order valence-electron chi connectivity index (χ3n) is 4.17. The number of hydrogen-bond acceptors (Lipinski definition) is 3. The summed E-state index contributed by atoms with van der Waals surface area (Å²) in [6.45, 7) is 8.41. The van der Waals surface area contributed by atoms with Crippen LogP contribution < -0.4 is 5.32 Å². The average Bonchev–Trinajstić information content (AvgIpc) is 2.52. The minimum absolute atomic E-state index is 0.0274. The molecule has 2 rings (SSSR count). The monoisotopic (exact) mass is 289 g/mol. The van der Waals surface area contributed by atoms with E-state index in [0.717, 1.165) is 32.7 Å². The predicted molar refractivity (Wildman–Crippen MR) is 86.1 cm³/mol. The van der Waals surface area contributed by atoms with Gasteiger partial charge in [0.2, 0.25) is 5.91 Å². The Bertz CT molecular complexity index is 449. The summed E-state index contributed by atoms with van der Waals surface area (Å²) in [6, 6.07) is 10.5. The number of benzene rings is 1. The SMILES string of the molecule is CCNCC(C)C(=O)N1CCN(C)CC1c1ccccc1. The van der Waals surface area contributed by atoms with Crippen LogP contribution >= 0.6 is 0 Å². The lowest BCUT2D eigenvalue weighted by atomic mass is 10.00. The number of carbonyl (C=O) groups excluding carboxylic acids is 1. The van der Waals surface area contributed by atoms with Crippen molar-refractivity contribution in [2.45, 2.75) is 19.9 Å². The maximum Gasteiger partial charge on any atom is 0.227 e. The number of amides is 1. The average molecular weight is 289 g/mol. The van der Waals surface area contributed by atoms with Gasteiger partial charge in [-0.25, -0.2) is 0 Å². The quantitative estimate of drug-likeness (QED) is 0.897. The number of likely N-dealkylation sites (N-methyl/N-ethyl adjacent to an activating group) is 1. The van der Waals surface area contributed by atoms with Crippen molar-refractivity contribution in [1.29, 1.82) is 0 Å². The molecular weight excluding hydrogens is 262 g/mol. The van der Waals surface area contributed by atoms with E-state index in [1.807, 2.05) is 13.0 Å². The minimum Gasteiger partial charge on any atom is -0.333 e. The van der Waals surface area contributed by atoms with Crippen molar-refractivity contribution >= 4 is 5.91 Å². The van der Waals surface area contributed by atoms with Crippen molar-refractivity contribution in [3.63, 3.8) is 0 Å². The molecule has 1 aromatic rings. The van der Waals surface area contributed by atoms with Crippen LogP contribution in [-0.4, -0.2) is 55.5 Å². The van der Waals surface area contributed by atoms with Gasteiger partial charge in [-0.05, 0) is 19.2 Å². The molecule has 1 N–H and O–H groups in total. The van der Waals surface area contributed by atoms with E-state index in [4.69, 9.17) is 0 Å². The van der Waals surface area contributed by atoms with Crippen molar-refractivity contribution in [2.24, 2.45) is 5.92 Å². The Hall–Kier alpha value is -1.39. The Balaban J connectivity index is 2.13. The first-order valence-corrected chi connectivity index (χ1v) is 7.88. The van der Waals surface area contributed by atoms with E-state index in [9.17, 15) is 4.79 Å². The van der Waals surface area contributed by atoms with Gasteiger partial charge in [-0.2, -0.15) is 0 Å². The second-order valence-electron chi connectivity index (χ2n) is 5.93.